The van der Waals surface area contributed by atoms with E-state index < -0.39 is 11.4 Å². The molecule has 0 spiro atoms. The van der Waals surface area contributed by atoms with E-state index >= 15 is 0 Å². The SMILES string of the molecule is CCOC(=O)C1(C2c3ccccc3Oc3ccccc32)CCCC1=O. The summed E-state index contributed by atoms with van der Waals surface area (Å²) in [6, 6.07) is 15.3. The van der Waals surface area contributed by atoms with E-state index in [0.717, 1.165) is 11.1 Å². The van der Waals surface area contributed by atoms with Gasteiger partial charge in [0.15, 0.2) is 5.78 Å². The smallest absolute Gasteiger partial charge is 0.320 e. The number of fused-ring (bicyclic) bond motifs is 2. The van der Waals surface area contributed by atoms with E-state index in [9.17, 15) is 9.59 Å². The van der Waals surface area contributed by atoms with Gasteiger partial charge < -0.3 is 9.47 Å². The summed E-state index contributed by atoms with van der Waals surface area (Å²) < 4.78 is 11.4. The first kappa shape index (κ1) is 15.9. The van der Waals surface area contributed by atoms with E-state index in [1.807, 2.05) is 48.5 Å². The lowest BCUT2D eigenvalue weighted by molar-refractivity contribution is -0.159. The number of ether oxygens (including phenoxy) is 2. The number of Topliss-reactive ketones (excluding diaryl/α,β-unsaturated/α-hetero) is 1. The van der Waals surface area contributed by atoms with Crippen LogP contribution in [0.15, 0.2) is 48.5 Å². The number of ketones is 1. The zero-order valence-corrected chi connectivity index (χ0v) is 14.2. The first-order valence-corrected chi connectivity index (χ1v) is 8.74. The monoisotopic (exact) mass is 336 g/mol. The molecule has 4 heteroatoms. The highest BCUT2D eigenvalue weighted by Gasteiger charge is 2.58. The van der Waals surface area contributed by atoms with Gasteiger partial charge in [-0.1, -0.05) is 36.4 Å². The molecule has 128 valence electrons. The van der Waals surface area contributed by atoms with Crippen LogP contribution in [-0.4, -0.2) is 18.4 Å². The predicted octanol–water partition coefficient (Wildman–Crippen LogP) is 4.23. The molecule has 0 amide bonds. The molecule has 1 fully saturated rings. The minimum absolute atomic E-state index is 0.0255. The van der Waals surface area contributed by atoms with Crippen molar-refractivity contribution in [2.45, 2.75) is 32.1 Å². The molecule has 0 radical (unpaired) electrons. The minimum Gasteiger partial charge on any atom is -0.465 e. The normalized spacial score (nSPS) is 22.0. The van der Waals surface area contributed by atoms with E-state index in [0.29, 0.717) is 30.8 Å². The van der Waals surface area contributed by atoms with Gasteiger partial charge in [-0.25, -0.2) is 0 Å². The maximum Gasteiger partial charge on any atom is 0.320 e. The maximum absolute atomic E-state index is 13.0. The molecule has 1 saturated carbocycles. The Morgan fingerprint density at radius 3 is 2.24 bits per heavy atom. The zero-order valence-electron chi connectivity index (χ0n) is 14.2. The lowest BCUT2D eigenvalue weighted by Crippen LogP contribution is -2.43. The van der Waals surface area contributed by atoms with Crippen LogP contribution in [0.25, 0.3) is 0 Å². The maximum atomic E-state index is 13.0. The zero-order chi connectivity index (χ0) is 17.4. The van der Waals surface area contributed by atoms with Crippen LogP contribution < -0.4 is 4.74 Å². The van der Waals surface area contributed by atoms with Crippen LogP contribution in [0.3, 0.4) is 0 Å². The number of carbonyl (C=O) groups excluding carboxylic acids is 2. The van der Waals surface area contributed by atoms with E-state index in [-0.39, 0.29) is 18.3 Å². The van der Waals surface area contributed by atoms with Crippen LogP contribution in [-0.2, 0) is 14.3 Å². The number of benzene rings is 2. The van der Waals surface area contributed by atoms with Gasteiger partial charge in [0.2, 0.25) is 0 Å². The van der Waals surface area contributed by atoms with Gasteiger partial charge in [0.05, 0.1) is 6.61 Å². The van der Waals surface area contributed by atoms with Crippen molar-refractivity contribution in [1.82, 2.24) is 0 Å². The van der Waals surface area contributed by atoms with E-state index in [1.165, 1.54) is 0 Å². The number of rotatable bonds is 3. The Morgan fingerprint density at radius 1 is 1.12 bits per heavy atom. The van der Waals surface area contributed by atoms with E-state index in [4.69, 9.17) is 9.47 Å². The third-order valence-electron chi connectivity index (χ3n) is 5.28. The van der Waals surface area contributed by atoms with Crippen molar-refractivity contribution >= 4 is 11.8 Å². The van der Waals surface area contributed by atoms with E-state index in [2.05, 4.69) is 0 Å². The molecular weight excluding hydrogens is 316 g/mol. The highest BCUT2D eigenvalue weighted by Crippen LogP contribution is 2.56. The first-order chi connectivity index (χ1) is 12.2. The molecular formula is C21H20O4. The third-order valence-corrected chi connectivity index (χ3v) is 5.28. The second-order valence-electron chi connectivity index (χ2n) is 6.58. The first-order valence-electron chi connectivity index (χ1n) is 8.74. The molecule has 0 N–H and O–H groups in total. The fourth-order valence-electron chi connectivity index (χ4n) is 4.23. The van der Waals surface area contributed by atoms with Crippen molar-refractivity contribution in [2.75, 3.05) is 6.61 Å². The lowest BCUT2D eigenvalue weighted by Gasteiger charge is -2.38. The summed E-state index contributed by atoms with van der Waals surface area (Å²) in [7, 11) is 0. The van der Waals surface area contributed by atoms with Crippen LogP contribution in [0.2, 0.25) is 0 Å². The van der Waals surface area contributed by atoms with Crippen LogP contribution in [0, 0.1) is 5.41 Å². The molecule has 1 aliphatic carbocycles. The minimum atomic E-state index is -1.16. The van der Waals surface area contributed by atoms with Gasteiger partial charge in [-0.15, -0.1) is 0 Å². The predicted molar refractivity (Wildman–Crippen MR) is 92.7 cm³/mol. The molecule has 4 rings (SSSR count). The summed E-state index contributed by atoms with van der Waals surface area (Å²) in [5.41, 5.74) is 0.598. The number of carbonyl (C=O) groups is 2. The van der Waals surface area contributed by atoms with Crippen molar-refractivity contribution in [3.63, 3.8) is 0 Å². The van der Waals surface area contributed by atoms with Gasteiger partial charge in [-0.3, -0.25) is 9.59 Å². The molecule has 1 atom stereocenters. The Kier molecular flexibility index (Phi) is 3.83. The van der Waals surface area contributed by atoms with Gasteiger partial charge in [-0.2, -0.15) is 0 Å². The molecule has 25 heavy (non-hydrogen) atoms. The quantitative estimate of drug-likeness (QED) is 0.622. The Bertz CT molecular complexity index is 796. The summed E-state index contributed by atoms with van der Waals surface area (Å²) in [4.78, 5) is 26.0. The molecule has 0 aromatic heterocycles. The van der Waals surface area contributed by atoms with Crippen molar-refractivity contribution < 1.29 is 19.1 Å². The highest BCUT2D eigenvalue weighted by atomic mass is 16.5. The van der Waals surface area contributed by atoms with Gasteiger partial charge >= 0.3 is 5.97 Å². The average Bonchev–Trinajstić information content (AvgIpc) is 3.02. The summed E-state index contributed by atoms with van der Waals surface area (Å²) in [6.07, 6.45) is 1.64. The van der Waals surface area contributed by atoms with Crippen LogP contribution in [0.1, 0.15) is 43.2 Å². The van der Waals surface area contributed by atoms with Gasteiger partial charge in [-0.05, 0) is 31.9 Å². The molecule has 0 bridgehead atoms. The third kappa shape index (κ3) is 2.28. The number of hydrogen-bond acceptors (Lipinski definition) is 4. The molecule has 1 heterocycles. The summed E-state index contributed by atoms with van der Waals surface area (Å²) in [6.45, 7) is 2.04. The van der Waals surface area contributed by atoms with Crippen molar-refractivity contribution in [1.29, 1.82) is 0 Å². The lowest BCUT2D eigenvalue weighted by atomic mass is 9.66. The topological polar surface area (TPSA) is 52.6 Å². The van der Waals surface area contributed by atoms with Crippen LogP contribution in [0.5, 0.6) is 11.5 Å². The summed E-state index contributed by atoms with van der Waals surface area (Å²) >= 11 is 0. The Balaban J connectivity index is 1.96. The molecule has 4 nitrogen and oxygen atoms in total. The Labute approximate surface area is 146 Å². The largest absolute Gasteiger partial charge is 0.465 e. The standard InChI is InChI=1S/C21H20O4/c1-2-24-20(23)21(13-7-12-18(21)22)19-14-8-3-5-10-16(14)25-17-11-6-4-9-15(17)19/h3-6,8-11,19H,2,7,12-13H2,1H3. The Morgan fingerprint density at radius 2 is 1.72 bits per heavy atom. The average molecular weight is 336 g/mol. The highest BCUT2D eigenvalue weighted by molar-refractivity contribution is 6.07. The Hall–Kier alpha value is -2.62. The van der Waals surface area contributed by atoms with Crippen molar-refractivity contribution in [3.05, 3.63) is 59.7 Å². The second-order valence-corrected chi connectivity index (χ2v) is 6.58. The molecule has 2 aromatic rings. The van der Waals surface area contributed by atoms with Crippen molar-refractivity contribution in [3.8, 4) is 11.5 Å². The van der Waals surface area contributed by atoms with Gasteiger partial charge in [0, 0.05) is 23.5 Å². The number of para-hydroxylation sites is 2. The van der Waals surface area contributed by atoms with Gasteiger partial charge in [0.1, 0.15) is 16.9 Å². The van der Waals surface area contributed by atoms with Gasteiger partial charge in [0.25, 0.3) is 0 Å². The second kappa shape index (κ2) is 6.03. The molecule has 2 aromatic carbocycles. The number of esters is 1. The van der Waals surface area contributed by atoms with Crippen molar-refractivity contribution in [2.24, 2.45) is 5.41 Å². The fourth-order valence-corrected chi connectivity index (χ4v) is 4.23. The van der Waals surface area contributed by atoms with Crippen LogP contribution >= 0.6 is 0 Å². The molecule has 1 unspecified atom stereocenters. The summed E-state index contributed by atoms with van der Waals surface area (Å²) in [5.74, 6) is 0.600. The number of hydrogen-bond donors (Lipinski definition) is 0. The fraction of sp³-hybridized carbons (Fsp3) is 0.333. The molecule has 0 saturated heterocycles. The van der Waals surface area contributed by atoms with Crippen LogP contribution in [0.4, 0.5) is 0 Å². The van der Waals surface area contributed by atoms with E-state index in [1.54, 1.807) is 6.92 Å². The molecule has 1 aliphatic heterocycles. The summed E-state index contributed by atoms with van der Waals surface area (Å²) in [5, 5.41) is 0. The molecule has 2 aliphatic rings.